The van der Waals surface area contributed by atoms with E-state index < -0.39 is 17.7 Å². The number of ether oxygens (including phenoxy) is 1. The lowest BCUT2D eigenvalue weighted by Gasteiger charge is -2.13. The van der Waals surface area contributed by atoms with Crippen LogP contribution in [0.5, 0.6) is 0 Å². The number of halogens is 4. The fourth-order valence-electron chi connectivity index (χ4n) is 2.45. The van der Waals surface area contributed by atoms with Crippen LogP contribution < -0.4 is 0 Å². The van der Waals surface area contributed by atoms with E-state index in [1.54, 1.807) is 6.07 Å². The fraction of sp³-hybridized carbons (Fsp3) is 0.188. The van der Waals surface area contributed by atoms with Crippen LogP contribution in [-0.4, -0.2) is 28.1 Å². The van der Waals surface area contributed by atoms with E-state index in [0.29, 0.717) is 11.0 Å². The van der Waals surface area contributed by atoms with Gasteiger partial charge in [0.25, 0.3) is 0 Å². The topological polar surface area (TPSA) is 57.0 Å². The molecule has 0 amide bonds. The molecule has 0 N–H and O–H groups in total. The molecule has 3 aromatic rings. The van der Waals surface area contributed by atoms with Gasteiger partial charge in [-0.1, -0.05) is 22.9 Å². The smallest absolute Gasteiger partial charge is 0.416 e. The van der Waals surface area contributed by atoms with Crippen molar-refractivity contribution in [3.63, 3.8) is 0 Å². The summed E-state index contributed by atoms with van der Waals surface area (Å²) in [7, 11) is 1.25. The second kappa shape index (κ2) is 6.36. The maximum atomic E-state index is 13.2. The lowest BCUT2D eigenvalue weighted by atomic mass is 10.1. The molecule has 0 radical (unpaired) electrons. The highest BCUT2D eigenvalue weighted by molar-refractivity contribution is 6.30. The minimum absolute atomic E-state index is 0.00208. The van der Waals surface area contributed by atoms with E-state index in [1.165, 1.54) is 36.1 Å². The normalized spacial score (nSPS) is 11.7. The molecule has 1 heterocycles. The van der Waals surface area contributed by atoms with Crippen molar-refractivity contribution in [1.82, 2.24) is 15.0 Å². The third-order valence-corrected chi connectivity index (χ3v) is 3.87. The van der Waals surface area contributed by atoms with Crippen molar-refractivity contribution in [2.75, 3.05) is 7.11 Å². The van der Waals surface area contributed by atoms with Crippen molar-refractivity contribution < 1.29 is 22.7 Å². The molecule has 0 bridgehead atoms. The monoisotopic (exact) mass is 369 g/mol. The van der Waals surface area contributed by atoms with Gasteiger partial charge in [-0.15, -0.1) is 5.10 Å². The standard InChI is InChI=1S/C16H11ClF3N3O2/c1-25-15(24)9-3-5-14-13(6-9)21-22-23(14)8-10-2-4-11(17)7-12(10)16(18,19)20/h2-7H,8H2,1H3. The van der Waals surface area contributed by atoms with Crippen LogP contribution in [0.1, 0.15) is 21.5 Å². The molecule has 5 nitrogen and oxygen atoms in total. The maximum absolute atomic E-state index is 13.2. The third-order valence-electron chi connectivity index (χ3n) is 3.63. The molecule has 0 aliphatic rings. The Morgan fingerprint density at radius 3 is 2.68 bits per heavy atom. The molecule has 0 fully saturated rings. The predicted molar refractivity (Wildman–Crippen MR) is 84.4 cm³/mol. The molecule has 0 aliphatic carbocycles. The van der Waals surface area contributed by atoms with Gasteiger partial charge in [-0.2, -0.15) is 13.2 Å². The zero-order valence-electron chi connectivity index (χ0n) is 12.8. The Morgan fingerprint density at radius 2 is 2.00 bits per heavy atom. The first-order valence-electron chi connectivity index (χ1n) is 7.07. The van der Waals surface area contributed by atoms with Gasteiger partial charge in [0, 0.05) is 5.02 Å². The summed E-state index contributed by atoms with van der Waals surface area (Å²) in [6, 6.07) is 8.11. The van der Waals surface area contributed by atoms with E-state index in [-0.39, 0.29) is 22.7 Å². The number of methoxy groups -OCH3 is 1. The van der Waals surface area contributed by atoms with E-state index in [1.807, 2.05) is 0 Å². The van der Waals surface area contributed by atoms with Crippen LogP contribution in [0.2, 0.25) is 5.02 Å². The molecule has 1 aromatic heterocycles. The second-order valence-corrected chi connectivity index (χ2v) is 5.68. The number of carbonyl (C=O) groups excluding carboxylic acids is 1. The summed E-state index contributed by atoms with van der Waals surface area (Å²) in [5, 5.41) is 7.78. The van der Waals surface area contributed by atoms with Crippen molar-refractivity contribution in [3.05, 3.63) is 58.1 Å². The van der Waals surface area contributed by atoms with Crippen LogP contribution in [0.3, 0.4) is 0 Å². The number of carbonyl (C=O) groups is 1. The average Bonchev–Trinajstić information content (AvgIpc) is 2.97. The highest BCUT2D eigenvalue weighted by Gasteiger charge is 2.33. The number of hydrogen-bond acceptors (Lipinski definition) is 4. The summed E-state index contributed by atoms with van der Waals surface area (Å²) < 4.78 is 45.5. The van der Waals surface area contributed by atoms with Crippen molar-refractivity contribution in [2.45, 2.75) is 12.7 Å². The average molecular weight is 370 g/mol. The first-order chi connectivity index (χ1) is 11.8. The van der Waals surface area contributed by atoms with Crippen LogP contribution in [-0.2, 0) is 17.5 Å². The molecular weight excluding hydrogens is 359 g/mol. The minimum atomic E-state index is -4.53. The maximum Gasteiger partial charge on any atom is 0.416 e. The Hall–Kier alpha value is -2.61. The quantitative estimate of drug-likeness (QED) is 0.656. The molecule has 25 heavy (non-hydrogen) atoms. The van der Waals surface area contributed by atoms with Crippen LogP contribution >= 0.6 is 11.6 Å². The Morgan fingerprint density at radius 1 is 1.24 bits per heavy atom. The molecule has 0 saturated heterocycles. The van der Waals surface area contributed by atoms with Crippen molar-refractivity contribution in [3.8, 4) is 0 Å². The molecule has 0 atom stereocenters. The minimum Gasteiger partial charge on any atom is -0.465 e. The number of esters is 1. The molecule has 9 heteroatoms. The lowest BCUT2D eigenvalue weighted by molar-refractivity contribution is -0.138. The molecule has 0 aliphatic heterocycles. The molecule has 130 valence electrons. The lowest BCUT2D eigenvalue weighted by Crippen LogP contribution is -2.12. The Balaban J connectivity index is 2.01. The molecule has 2 aromatic carbocycles. The van der Waals surface area contributed by atoms with Crippen molar-refractivity contribution >= 4 is 28.6 Å². The summed E-state index contributed by atoms with van der Waals surface area (Å²) in [6.07, 6.45) is -4.53. The van der Waals surface area contributed by atoms with E-state index in [9.17, 15) is 18.0 Å². The fourth-order valence-corrected chi connectivity index (χ4v) is 2.62. The summed E-state index contributed by atoms with van der Waals surface area (Å²) >= 11 is 5.68. The first-order valence-corrected chi connectivity index (χ1v) is 7.44. The van der Waals surface area contributed by atoms with Gasteiger partial charge >= 0.3 is 12.1 Å². The van der Waals surface area contributed by atoms with Gasteiger partial charge in [0.2, 0.25) is 0 Å². The zero-order valence-corrected chi connectivity index (χ0v) is 13.6. The predicted octanol–water partition coefficient (Wildman–Crippen LogP) is 3.94. The Bertz CT molecular complexity index is 953. The van der Waals surface area contributed by atoms with Gasteiger partial charge in [-0.3, -0.25) is 0 Å². The molecule has 0 saturated carbocycles. The van der Waals surface area contributed by atoms with Gasteiger partial charge in [-0.05, 0) is 35.9 Å². The molecule has 3 rings (SSSR count). The Labute approximate surface area is 145 Å². The van der Waals surface area contributed by atoms with Crippen LogP contribution in [0, 0.1) is 0 Å². The zero-order chi connectivity index (χ0) is 18.2. The number of alkyl halides is 3. The highest BCUT2D eigenvalue weighted by Crippen LogP contribution is 2.34. The van der Waals surface area contributed by atoms with Gasteiger partial charge in [0.1, 0.15) is 5.52 Å². The van der Waals surface area contributed by atoms with Crippen LogP contribution in [0.25, 0.3) is 11.0 Å². The SMILES string of the molecule is COC(=O)c1ccc2c(c1)nnn2Cc1ccc(Cl)cc1C(F)(F)F. The summed E-state index contributed by atoms with van der Waals surface area (Å²) in [4.78, 5) is 11.5. The van der Waals surface area contributed by atoms with Gasteiger partial charge in [0.05, 0.1) is 30.3 Å². The number of rotatable bonds is 3. The van der Waals surface area contributed by atoms with Gasteiger partial charge in [0.15, 0.2) is 0 Å². The van der Waals surface area contributed by atoms with Crippen LogP contribution in [0.4, 0.5) is 13.2 Å². The molecule has 0 spiro atoms. The number of benzene rings is 2. The third kappa shape index (κ3) is 3.43. The Kier molecular flexibility index (Phi) is 4.38. The largest absolute Gasteiger partial charge is 0.465 e. The first kappa shape index (κ1) is 17.2. The molecular formula is C16H11ClF3N3O2. The van der Waals surface area contributed by atoms with E-state index in [0.717, 1.165) is 6.07 Å². The number of nitrogens with zero attached hydrogens (tertiary/aromatic N) is 3. The van der Waals surface area contributed by atoms with Crippen molar-refractivity contribution in [2.24, 2.45) is 0 Å². The number of hydrogen-bond donors (Lipinski definition) is 0. The number of fused-ring (bicyclic) bond motifs is 1. The molecule has 0 unspecified atom stereocenters. The summed E-state index contributed by atoms with van der Waals surface area (Å²) in [6.45, 7) is -0.139. The van der Waals surface area contributed by atoms with E-state index in [2.05, 4.69) is 15.0 Å². The van der Waals surface area contributed by atoms with E-state index in [4.69, 9.17) is 11.6 Å². The van der Waals surface area contributed by atoms with E-state index >= 15 is 0 Å². The number of aromatic nitrogens is 3. The second-order valence-electron chi connectivity index (χ2n) is 5.24. The van der Waals surface area contributed by atoms with Crippen LogP contribution in [0.15, 0.2) is 36.4 Å². The summed E-state index contributed by atoms with van der Waals surface area (Å²) in [5.74, 6) is -0.534. The highest BCUT2D eigenvalue weighted by atomic mass is 35.5. The summed E-state index contributed by atoms with van der Waals surface area (Å²) in [5.41, 5.74) is 0.348. The van der Waals surface area contributed by atoms with Crippen molar-refractivity contribution in [1.29, 1.82) is 0 Å². The van der Waals surface area contributed by atoms with Gasteiger partial charge in [-0.25, -0.2) is 9.48 Å². The van der Waals surface area contributed by atoms with Gasteiger partial charge < -0.3 is 4.74 Å².